The highest BCUT2D eigenvalue weighted by atomic mass is 31.3. The van der Waals surface area contributed by atoms with Crippen LogP contribution in [0, 0.1) is 6.92 Å². The lowest BCUT2D eigenvalue weighted by molar-refractivity contribution is 0.240. The fraction of sp³-hybridized carbons (Fsp3) is 0.714. The van der Waals surface area contributed by atoms with Crippen LogP contribution in [0.3, 0.4) is 0 Å². The van der Waals surface area contributed by atoms with E-state index in [0.717, 1.165) is 5.56 Å². The van der Waals surface area contributed by atoms with Crippen molar-refractivity contribution in [2.45, 2.75) is 55.4 Å². The summed E-state index contributed by atoms with van der Waals surface area (Å²) in [6, 6.07) is 7.54. The lowest BCUT2D eigenvalue weighted by Crippen LogP contribution is -2.05. The van der Waals surface area contributed by atoms with Crippen molar-refractivity contribution in [3.05, 3.63) is 29.8 Å². The molecular weight excluding hydrogens is 560 g/mol. The number of nitrogens with zero attached hydrogens (tertiary/aromatic N) is 4. The van der Waals surface area contributed by atoms with Gasteiger partial charge in [-0.25, -0.2) is 0 Å². The number of rotatable bonds is 16. The maximum absolute atomic E-state index is 6.49. The maximum Gasteiger partial charge on any atom is 0.402 e. The molecule has 1 aromatic rings. The highest BCUT2D eigenvalue weighted by molar-refractivity contribution is 7.78. The fourth-order valence-electron chi connectivity index (χ4n) is 3.17. The molecule has 37 heavy (non-hydrogen) atoms. The average Bonchev–Trinajstić information content (AvgIpc) is 2.79. The van der Waals surface area contributed by atoms with Crippen LogP contribution >= 0.6 is 30.6 Å². The molecule has 0 saturated carbocycles. The first kappa shape index (κ1) is 32.9. The summed E-state index contributed by atoms with van der Waals surface area (Å²) in [7, 11) is -13.9. The highest BCUT2D eigenvalue weighted by Gasteiger charge is 2.43. The third-order valence-electron chi connectivity index (χ3n) is 4.20. The lowest BCUT2D eigenvalue weighted by Gasteiger charge is -2.32. The Hall–Kier alpha value is -0.340. The maximum atomic E-state index is 6.49. The summed E-state index contributed by atoms with van der Waals surface area (Å²) in [5.74, 6) is 0.516. The molecule has 1 aliphatic heterocycles. The number of aryl methyl sites for hydroxylation is 1. The minimum atomic E-state index is -3.59. The van der Waals surface area contributed by atoms with E-state index in [2.05, 4.69) is 0 Å². The van der Waals surface area contributed by atoms with Gasteiger partial charge in [0.1, 0.15) is 5.75 Å². The topological polar surface area (TPSA) is 123 Å². The summed E-state index contributed by atoms with van der Waals surface area (Å²) in [6.07, 6.45) is 0. The molecule has 1 atom stereocenters. The molecule has 1 aromatic carbocycles. The summed E-state index contributed by atoms with van der Waals surface area (Å²) < 4.78 is 69.4. The van der Waals surface area contributed by atoms with Gasteiger partial charge in [0.05, 0.1) is 46.2 Å². The minimum absolute atomic E-state index is 0.236. The van der Waals surface area contributed by atoms with Crippen molar-refractivity contribution in [1.29, 1.82) is 0 Å². The first-order valence-electron chi connectivity index (χ1n) is 12.6. The Balaban J connectivity index is 3.11. The summed E-state index contributed by atoms with van der Waals surface area (Å²) in [5, 5.41) is 0. The molecule has 0 bridgehead atoms. The first-order valence-corrected chi connectivity index (χ1v) is 18.7. The zero-order chi connectivity index (χ0) is 27.4. The van der Waals surface area contributed by atoms with Gasteiger partial charge in [-0.15, -0.1) is 18.1 Å². The van der Waals surface area contributed by atoms with E-state index in [9.17, 15) is 0 Å². The second-order valence-electron chi connectivity index (χ2n) is 7.15. The van der Waals surface area contributed by atoms with E-state index in [1.165, 1.54) is 0 Å². The zero-order valence-corrected chi connectivity index (χ0v) is 26.7. The molecule has 2 rings (SSSR count). The van der Waals surface area contributed by atoms with Crippen LogP contribution in [0.15, 0.2) is 42.3 Å². The molecule has 12 nitrogen and oxygen atoms in total. The van der Waals surface area contributed by atoms with Gasteiger partial charge in [0.15, 0.2) is 0 Å². The molecular formula is C21H42N4O8P4. The van der Waals surface area contributed by atoms with Gasteiger partial charge in [0, 0.05) is 0 Å². The Morgan fingerprint density at radius 1 is 0.514 bits per heavy atom. The van der Waals surface area contributed by atoms with E-state index in [4.69, 9.17) is 54.3 Å². The highest BCUT2D eigenvalue weighted by Crippen LogP contribution is 2.80. The van der Waals surface area contributed by atoms with Crippen molar-refractivity contribution in [3.8, 4) is 5.75 Å². The van der Waals surface area contributed by atoms with Gasteiger partial charge >= 0.3 is 30.6 Å². The van der Waals surface area contributed by atoms with E-state index >= 15 is 0 Å². The van der Waals surface area contributed by atoms with E-state index < -0.39 is 30.6 Å². The smallest absolute Gasteiger partial charge is 0.402 e. The van der Waals surface area contributed by atoms with Crippen LogP contribution < -0.4 is 4.52 Å². The molecule has 1 aliphatic rings. The van der Waals surface area contributed by atoms with Crippen LogP contribution in [0.4, 0.5) is 0 Å². The molecule has 0 fully saturated rings. The third kappa shape index (κ3) is 9.09. The summed E-state index contributed by atoms with van der Waals surface area (Å²) in [4.78, 5) is 0. The number of hydrogen-bond acceptors (Lipinski definition) is 12. The summed E-state index contributed by atoms with van der Waals surface area (Å²) >= 11 is 0. The van der Waals surface area contributed by atoms with Crippen LogP contribution in [0.2, 0.25) is 0 Å². The van der Waals surface area contributed by atoms with Crippen LogP contribution in [0.5, 0.6) is 5.75 Å². The van der Waals surface area contributed by atoms with Gasteiger partial charge in [-0.05, 0) is 73.1 Å². The monoisotopic (exact) mass is 602 g/mol. The zero-order valence-electron chi connectivity index (χ0n) is 23.1. The average molecular weight is 602 g/mol. The largest absolute Gasteiger partial charge is 0.422 e. The van der Waals surface area contributed by atoms with Gasteiger partial charge in [-0.3, -0.25) is 4.52 Å². The molecule has 0 saturated heterocycles. The van der Waals surface area contributed by atoms with Crippen LogP contribution in [-0.2, 0) is 31.7 Å². The van der Waals surface area contributed by atoms with Crippen molar-refractivity contribution < 1.29 is 36.2 Å². The van der Waals surface area contributed by atoms with Gasteiger partial charge in [0.2, 0.25) is 0 Å². The van der Waals surface area contributed by atoms with E-state index in [0.29, 0.717) is 5.75 Å². The second-order valence-corrected chi connectivity index (χ2v) is 15.9. The quantitative estimate of drug-likeness (QED) is 0.171. The molecule has 0 aliphatic carbocycles. The van der Waals surface area contributed by atoms with Crippen LogP contribution in [-0.4, -0.2) is 46.2 Å². The molecule has 0 N–H and O–H groups in total. The predicted octanol–water partition coefficient (Wildman–Crippen LogP) is 9.43. The van der Waals surface area contributed by atoms with Crippen molar-refractivity contribution in [2.24, 2.45) is 18.1 Å². The number of hydrogen-bond donors (Lipinski definition) is 0. The molecule has 0 aromatic heterocycles. The summed E-state index contributed by atoms with van der Waals surface area (Å²) in [5.41, 5.74) is 0.998. The standard InChI is InChI=1S/C21H42N4O8P4/c1-9-26-34(27-10-2)22-35(28-11-3,29-12-4)24-37(32-15-7,33-21-18-16-17-20(8)19-21)25-36(23-34,30-13-5)31-14-6/h16-19H,9-15H2,1-8H3. The summed E-state index contributed by atoms with van der Waals surface area (Å²) in [6.45, 7) is 16.6. The Labute approximate surface area is 222 Å². The van der Waals surface area contributed by atoms with Gasteiger partial charge in [-0.1, -0.05) is 12.1 Å². The number of benzene rings is 1. The molecule has 0 spiro atoms. The van der Waals surface area contributed by atoms with Crippen molar-refractivity contribution in [2.75, 3.05) is 46.2 Å². The fourth-order valence-corrected chi connectivity index (χ4v) is 15.8. The normalized spacial score (nSPS) is 21.9. The molecule has 214 valence electrons. The molecule has 0 amide bonds. The van der Waals surface area contributed by atoms with Crippen molar-refractivity contribution in [1.82, 2.24) is 0 Å². The first-order chi connectivity index (χ1) is 17.7. The van der Waals surface area contributed by atoms with Crippen LogP contribution in [0.1, 0.15) is 54.0 Å². The minimum Gasteiger partial charge on any atom is -0.422 e. The predicted molar refractivity (Wildman–Crippen MR) is 151 cm³/mol. The van der Waals surface area contributed by atoms with E-state index in [-0.39, 0.29) is 46.2 Å². The Morgan fingerprint density at radius 2 is 0.838 bits per heavy atom. The van der Waals surface area contributed by atoms with Crippen molar-refractivity contribution >= 4 is 30.6 Å². The third-order valence-corrected chi connectivity index (χ3v) is 16.0. The van der Waals surface area contributed by atoms with E-state index in [1.54, 1.807) is 0 Å². The van der Waals surface area contributed by atoms with E-state index in [1.807, 2.05) is 79.7 Å². The molecule has 1 unspecified atom stereocenters. The molecule has 16 heteroatoms. The Kier molecular flexibility index (Phi) is 13.7. The van der Waals surface area contributed by atoms with Crippen molar-refractivity contribution in [3.63, 3.8) is 0 Å². The van der Waals surface area contributed by atoms with Gasteiger partial charge in [-0.2, -0.15) is 0 Å². The van der Waals surface area contributed by atoms with Crippen LogP contribution in [0.25, 0.3) is 0 Å². The second kappa shape index (κ2) is 15.4. The Bertz CT molecular complexity index is 1060. The van der Waals surface area contributed by atoms with Gasteiger partial charge < -0.3 is 31.7 Å². The lowest BCUT2D eigenvalue weighted by atomic mass is 10.2. The Morgan fingerprint density at radius 3 is 1.19 bits per heavy atom. The van der Waals surface area contributed by atoms with Gasteiger partial charge in [0.25, 0.3) is 0 Å². The SMILES string of the molecule is CCOP1(OCC)=NP(OCC)(OCC)=NP(OCC)(Oc2cccc(C)c2)=NP(OCC)(OCC)=N1. The molecule has 0 radical (unpaired) electrons. The molecule has 1 heterocycles.